The van der Waals surface area contributed by atoms with Crippen molar-refractivity contribution in [3.63, 3.8) is 0 Å². The molecule has 0 unspecified atom stereocenters. The van der Waals surface area contributed by atoms with Crippen LogP contribution in [0.3, 0.4) is 0 Å². The van der Waals surface area contributed by atoms with Gasteiger partial charge >= 0.3 is 0 Å². The van der Waals surface area contributed by atoms with Crippen LogP contribution in [0.5, 0.6) is 5.75 Å². The van der Waals surface area contributed by atoms with E-state index in [1.807, 2.05) is 0 Å². The van der Waals surface area contributed by atoms with Gasteiger partial charge in [0.05, 0.1) is 9.50 Å². The predicted octanol–water partition coefficient (Wildman–Crippen LogP) is 3.62. The molecule has 11 heavy (non-hydrogen) atoms. The predicted molar refractivity (Wildman–Crippen MR) is 51.3 cm³/mol. The van der Waals surface area contributed by atoms with Crippen molar-refractivity contribution in [2.75, 3.05) is 0 Å². The molecule has 0 atom stereocenters. The number of nitrogens with zero attached hydrogens (tertiary/aromatic N) is 1. The first kappa shape index (κ1) is 9.58. The Hall–Kier alpha value is 0.490. The summed E-state index contributed by atoms with van der Waals surface area (Å²) >= 11 is 17.3. The fourth-order valence-corrected chi connectivity index (χ4v) is 2.02. The fraction of sp³-hybridized carbons (Fsp3) is 0. The van der Waals surface area contributed by atoms with Gasteiger partial charge in [0, 0.05) is 0 Å². The molecule has 0 aliphatic heterocycles. The monoisotopic (exact) mass is 319 g/mol. The third kappa shape index (κ3) is 1.80. The van der Waals surface area contributed by atoms with Gasteiger partial charge in [-0.25, -0.2) is 4.98 Å². The molecule has 1 rings (SSSR count). The quantitative estimate of drug-likeness (QED) is 0.740. The van der Waals surface area contributed by atoms with Crippen LogP contribution in [0.1, 0.15) is 0 Å². The molecule has 0 amide bonds. The van der Waals surface area contributed by atoms with Crippen LogP contribution in [0.2, 0.25) is 10.2 Å². The van der Waals surface area contributed by atoms with Crippen LogP contribution in [-0.2, 0) is 0 Å². The van der Waals surface area contributed by atoms with E-state index in [1.165, 1.54) is 0 Å². The van der Waals surface area contributed by atoms with E-state index in [-0.39, 0.29) is 20.5 Å². The van der Waals surface area contributed by atoms with Gasteiger partial charge in [0.25, 0.3) is 0 Å². The van der Waals surface area contributed by atoms with Gasteiger partial charge in [-0.1, -0.05) is 23.2 Å². The van der Waals surface area contributed by atoms with E-state index in [4.69, 9.17) is 23.2 Å². The van der Waals surface area contributed by atoms with Gasteiger partial charge in [0.2, 0.25) is 0 Å². The van der Waals surface area contributed by atoms with Gasteiger partial charge in [-0.05, 0) is 31.9 Å². The number of pyridine rings is 1. The fourth-order valence-electron chi connectivity index (χ4n) is 0.473. The largest absolute Gasteiger partial charge is 0.504 e. The van der Waals surface area contributed by atoms with Crippen LogP contribution in [0.4, 0.5) is 0 Å². The second kappa shape index (κ2) is 3.47. The highest BCUT2D eigenvalue weighted by atomic mass is 79.9. The highest BCUT2D eigenvalue weighted by molar-refractivity contribution is 9.11. The number of aromatic nitrogens is 1. The number of hydrogen-bond acceptors (Lipinski definition) is 2. The molecule has 0 bridgehead atoms. The number of rotatable bonds is 0. The van der Waals surface area contributed by atoms with Crippen molar-refractivity contribution in [3.8, 4) is 5.75 Å². The molecule has 0 spiro atoms. The normalized spacial score (nSPS) is 10.2. The van der Waals surface area contributed by atoms with E-state index in [2.05, 4.69) is 36.8 Å². The molecule has 0 fully saturated rings. The molecular weight excluding hydrogens is 321 g/mol. The van der Waals surface area contributed by atoms with Gasteiger partial charge in [0.15, 0.2) is 10.4 Å². The summed E-state index contributed by atoms with van der Waals surface area (Å²) in [5, 5.41) is 9.56. The summed E-state index contributed by atoms with van der Waals surface area (Å²) in [4.78, 5) is 3.70. The van der Waals surface area contributed by atoms with E-state index in [0.717, 1.165) is 0 Å². The van der Waals surface area contributed by atoms with Gasteiger partial charge in [-0.3, -0.25) is 0 Å². The van der Waals surface area contributed by atoms with E-state index in [0.29, 0.717) is 4.47 Å². The van der Waals surface area contributed by atoms with Crippen LogP contribution in [-0.4, -0.2) is 10.1 Å². The molecule has 1 aromatic heterocycles. The lowest BCUT2D eigenvalue weighted by molar-refractivity contribution is 0.465. The number of hydrogen-bond donors (Lipinski definition) is 1. The molecule has 60 valence electrons. The van der Waals surface area contributed by atoms with Gasteiger partial charge in [-0.2, -0.15) is 0 Å². The second-order valence-electron chi connectivity index (χ2n) is 1.67. The second-order valence-corrected chi connectivity index (χ2v) is 3.95. The Morgan fingerprint density at radius 3 is 2.36 bits per heavy atom. The Morgan fingerprint density at radius 2 is 1.82 bits per heavy atom. The van der Waals surface area contributed by atoms with E-state index < -0.39 is 0 Å². The van der Waals surface area contributed by atoms with Crippen LogP contribution in [0.15, 0.2) is 9.08 Å². The highest BCUT2D eigenvalue weighted by Crippen LogP contribution is 2.39. The minimum atomic E-state index is -0.0561. The molecule has 6 heteroatoms. The van der Waals surface area contributed by atoms with Crippen molar-refractivity contribution in [1.29, 1.82) is 0 Å². The zero-order valence-electron chi connectivity index (χ0n) is 4.91. The lowest BCUT2D eigenvalue weighted by Crippen LogP contribution is -1.82. The first-order valence-electron chi connectivity index (χ1n) is 2.43. The summed E-state index contributed by atoms with van der Waals surface area (Å²) in [6.07, 6.45) is 0. The summed E-state index contributed by atoms with van der Waals surface area (Å²) in [6, 6.07) is 0. The highest BCUT2D eigenvalue weighted by Gasteiger charge is 2.12. The van der Waals surface area contributed by atoms with Crippen molar-refractivity contribution in [1.82, 2.24) is 4.98 Å². The topological polar surface area (TPSA) is 33.1 Å². The molecule has 1 heterocycles. The maximum Gasteiger partial charge on any atom is 0.164 e. The average molecular weight is 322 g/mol. The molecule has 1 N–H and O–H groups in total. The zero-order chi connectivity index (χ0) is 8.59. The van der Waals surface area contributed by atoms with Crippen LogP contribution in [0, 0.1) is 0 Å². The first-order chi connectivity index (χ1) is 5.04. The van der Waals surface area contributed by atoms with E-state index >= 15 is 0 Å². The van der Waals surface area contributed by atoms with Crippen molar-refractivity contribution in [2.45, 2.75) is 0 Å². The average Bonchev–Trinajstić information content (AvgIpc) is 1.97. The third-order valence-electron chi connectivity index (χ3n) is 0.973. The van der Waals surface area contributed by atoms with Crippen molar-refractivity contribution in [3.05, 3.63) is 19.3 Å². The molecule has 1 aromatic rings. The van der Waals surface area contributed by atoms with Crippen molar-refractivity contribution < 1.29 is 5.11 Å². The van der Waals surface area contributed by atoms with E-state index in [9.17, 15) is 5.11 Å². The lowest BCUT2D eigenvalue weighted by Gasteiger charge is -2.02. The number of halogens is 4. The molecular formula is C5HBr2Cl2NO. The van der Waals surface area contributed by atoms with E-state index in [1.54, 1.807) is 0 Å². The molecule has 0 aromatic carbocycles. The smallest absolute Gasteiger partial charge is 0.164 e. The third-order valence-corrected chi connectivity index (χ3v) is 3.26. The summed E-state index contributed by atoms with van der Waals surface area (Å²) in [5.41, 5.74) is 0. The Morgan fingerprint density at radius 1 is 1.27 bits per heavy atom. The summed E-state index contributed by atoms with van der Waals surface area (Å²) in [7, 11) is 0. The first-order valence-corrected chi connectivity index (χ1v) is 4.77. The molecule has 0 aliphatic carbocycles. The molecule has 0 saturated heterocycles. The van der Waals surface area contributed by atoms with Crippen LogP contribution in [0.25, 0.3) is 0 Å². The molecule has 2 nitrogen and oxygen atoms in total. The molecule has 0 radical (unpaired) electrons. The Bertz CT molecular complexity index is 279. The van der Waals surface area contributed by atoms with Crippen LogP contribution >= 0.6 is 55.1 Å². The summed E-state index contributed by atoms with van der Waals surface area (Å²) < 4.78 is 0.602. The zero-order valence-corrected chi connectivity index (χ0v) is 9.59. The molecule has 0 aliphatic rings. The Balaban J connectivity index is 3.46. The van der Waals surface area contributed by atoms with Crippen molar-refractivity contribution >= 4 is 55.1 Å². The standard InChI is InChI=1S/C5HBr2Cl2NO/c6-1-2(8)5(9)10-4(7)3(1)11/h11H. The summed E-state index contributed by atoms with van der Waals surface area (Å²) in [5.74, 6) is -0.0561. The van der Waals surface area contributed by atoms with Gasteiger partial charge in [-0.15, -0.1) is 0 Å². The summed E-state index contributed by atoms with van der Waals surface area (Å²) in [6.45, 7) is 0. The maximum atomic E-state index is 9.21. The number of aromatic hydroxyl groups is 1. The minimum absolute atomic E-state index is 0.0561. The van der Waals surface area contributed by atoms with Gasteiger partial charge < -0.3 is 5.11 Å². The SMILES string of the molecule is Oc1c(Br)nc(Cl)c(Cl)c1Br. The Labute approximate surface area is 89.8 Å². The molecule has 0 saturated carbocycles. The van der Waals surface area contributed by atoms with Crippen LogP contribution < -0.4 is 0 Å². The van der Waals surface area contributed by atoms with Gasteiger partial charge in [0.1, 0.15) is 5.15 Å². The lowest BCUT2D eigenvalue weighted by atomic mass is 10.5. The minimum Gasteiger partial charge on any atom is -0.504 e. The Kier molecular flexibility index (Phi) is 3.02. The van der Waals surface area contributed by atoms with Crippen molar-refractivity contribution in [2.24, 2.45) is 0 Å². The maximum absolute atomic E-state index is 9.21.